The molecule has 0 saturated heterocycles. The number of nitrogens with zero attached hydrogens (tertiary/aromatic N) is 6. The lowest BCUT2D eigenvalue weighted by atomic mass is 10.7. The molecule has 0 bridgehead atoms. The molecule has 0 saturated carbocycles. The van der Waals surface area contributed by atoms with E-state index in [0.29, 0.717) is 11.5 Å². The molecule has 0 amide bonds. The van der Waals surface area contributed by atoms with Crippen LogP contribution in [0.1, 0.15) is 0 Å². The molecule has 0 aliphatic carbocycles. The highest BCUT2D eigenvalue weighted by molar-refractivity contribution is 7.99. The average Bonchev–Trinajstić information content (AvgIpc) is 2.93. The van der Waals surface area contributed by atoms with Gasteiger partial charge in [-0.2, -0.15) is 0 Å². The van der Waals surface area contributed by atoms with Crippen molar-refractivity contribution in [3.05, 3.63) is 12.7 Å². The Morgan fingerprint density at radius 1 is 0.944 bits per heavy atom. The van der Waals surface area contributed by atoms with Crippen molar-refractivity contribution in [2.24, 2.45) is 14.1 Å². The second-order valence-electron chi connectivity index (χ2n) is 3.33. The smallest absolute Gasteiger partial charge is 0.209 e. The number of hydrogen-bond donors (Lipinski definition) is 0. The van der Waals surface area contributed by atoms with Crippen molar-refractivity contribution in [1.82, 2.24) is 29.5 Å². The molecule has 0 radical (unpaired) electrons. The zero-order valence-corrected chi connectivity index (χ0v) is 11.7. The van der Waals surface area contributed by atoms with Crippen LogP contribution in [-0.2, 0) is 14.1 Å². The fourth-order valence-electron chi connectivity index (χ4n) is 1.07. The topological polar surface area (TPSA) is 61.4 Å². The van der Waals surface area contributed by atoms with E-state index in [9.17, 15) is 0 Å². The number of aromatic nitrogens is 6. The minimum atomic E-state index is 0.695. The molecule has 0 spiro atoms. The van der Waals surface area contributed by atoms with E-state index in [0.717, 1.165) is 10.3 Å². The zero-order chi connectivity index (χ0) is 12.8. The van der Waals surface area contributed by atoms with Gasteiger partial charge in [0, 0.05) is 14.1 Å². The predicted octanol–water partition coefficient (Wildman–Crippen LogP) is 0.831. The number of rotatable bonds is 4. The third-order valence-electron chi connectivity index (χ3n) is 1.83. The Bertz CT molecular complexity index is 516. The summed E-state index contributed by atoms with van der Waals surface area (Å²) in [5.41, 5.74) is 0. The molecule has 6 nitrogen and oxygen atoms in total. The maximum Gasteiger partial charge on any atom is 0.209 e. The molecule has 0 unspecified atom stereocenters. The SMILES string of the molecule is Cn1cnc(SCC#CCSc2ncn(C)n2)n1. The van der Waals surface area contributed by atoms with Crippen LogP contribution in [0.15, 0.2) is 23.0 Å². The highest BCUT2D eigenvalue weighted by atomic mass is 32.2. The molecular weight excluding hydrogens is 268 g/mol. The predicted molar refractivity (Wildman–Crippen MR) is 71.2 cm³/mol. The van der Waals surface area contributed by atoms with Crippen molar-refractivity contribution in [3.63, 3.8) is 0 Å². The summed E-state index contributed by atoms with van der Waals surface area (Å²) in [6.07, 6.45) is 3.36. The van der Waals surface area contributed by atoms with Gasteiger partial charge in [0.25, 0.3) is 0 Å². The molecule has 0 aliphatic rings. The van der Waals surface area contributed by atoms with Crippen LogP contribution in [-0.4, -0.2) is 41.0 Å². The molecule has 2 aromatic rings. The minimum Gasteiger partial charge on any atom is -0.255 e. The quantitative estimate of drug-likeness (QED) is 0.611. The summed E-state index contributed by atoms with van der Waals surface area (Å²) in [7, 11) is 3.69. The molecule has 0 aromatic carbocycles. The Balaban J connectivity index is 1.67. The maximum absolute atomic E-state index is 4.15. The van der Waals surface area contributed by atoms with E-state index in [1.165, 1.54) is 23.5 Å². The number of aryl methyl sites for hydroxylation is 2. The first kappa shape index (κ1) is 13.0. The van der Waals surface area contributed by atoms with Gasteiger partial charge in [-0.1, -0.05) is 35.4 Å². The second-order valence-corrected chi connectivity index (χ2v) is 5.22. The molecule has 2 heterocycles. The molecule has 2 aromatic heterocycles. The van der Waals surface area contributed by atoms with Gasteiger partial charge in [-0.25, -0.2) is 9.97 Å². The summed E-state index contributed by atoms with van der Waals surface area (Å²) < 4.78 is 3.36. The largest absolute Gasteiger partial charge is 0.255 e. The van der Waals surface area contributed by atoms with Crippen LogP contribution in [0, 0.1) is 11.8 Å². The van der Waals surface area contributed by atoms with E-state index in [-0.39, 0.29) is 0 Å². The normalized spacial score (nSPS) is 10.1. The van der Waals surface area contributed by atoms with Gasteiger partial charge >= 0.3 is 0 Å². The van der Waals surface area contributed by atoms with E-state index >= 15 is 0 Å². The van der Waals surface area contributed by atoms with Gasteiger partial charge in [0.1, 0.15) is 12.7 Å². The fourth-order valence-corrected chi connectivity index (χ4v) is 2.30. The highest BCUT2D eigenvalue weighted by Gasteiger charge is 1.97. The molecule has 0 aliphatic heterocycles. The van der Waals surface area contributed by atoms with Crippen LogP contribution < -0.4 is 0 Å². The van der Waals surface area contributed by atoms with Gasteiger partial charge in [0.05, 0.1) is 11.5 Å². The van der Waals surface area contributed by atoms with Gasteiger partial charge in [-0.15, -0.1) is 10.2 Å². The third kappa shape index (κ3) is 4.09. The van der Waals surface area contributed by atoms with Crippen molar-refractivity contribution < 1.29 is 0 Å². The van der Waals surface area contributed by atoms with Crippen LogP contribution in [0.3, 0.4) is 0 Å². The van der Waals surface area contributed by atoms with Crippen LogP contribution in [0.4, 0.5) is 0 Å². The van der Waals surface area contributed by atoms with E-state index in [1.807, 2.05) is 14.1 Å². The molecule has 18 heavy (non-hydrogen) atoms. The Morgan fingerprint density at radius 3 is 1.72 bits per heavy atom. The van der Waals surface area contributed by atoms with Gasteiger partial charge in [-0.3, -0.25) is 9.36 Å². The van der Waals surface area contributed by atoms with Gasteiger partial charge in [-0.05, 0) is 0 Å². The standard InChI is InChI=1S/C10H12N6S2/c1-15-7-11-9(13-15)17-5-3-4-6-18-10-12-8-16(2)14-10/h7-8H,5-6H2,1-2H3. The molecule has 0 N–H and O–H groups in total. The Kier molecular flexibility index (Phi) is 4.66. The molecular formula is C10H12N6S2. The third-order valence-corrected chi connectivity index (χ3v) is 3.30. The van der Waals surface area contributed by atoms with Gasteiger partial charge in [0.2, 0.25) is 10.3 Å². The Morgan fingerprint density at radius 2 is 1.39 bits per heavy atom. The van der Waals surface area contributed by atoms with Crippen molar-refractivity contribution in [1.29, 1.82) is 0 Å². The van der Waals surface area contributed by atoms with E-state index in [1.54, 1.807) is 22.0 Å². The van der Waals surface area contributed by atoms with E-state index in [2.05, 4.69) is 32.0 Å². The first-order valence-corrected chi connectivity index (χ1v) is 7.14. The minimum absolute atomic E-state index is 0.695. The summed E-state index contributed by atoms with van der Waals surface area (Å²) in [6.45, 7) is 0. The Hall–Kier alpha value is -1.46. The first-order chi connectivity index (χ1) is 8.74. The summed E-state index contributed by atoms with van der Waals surface area (Å²) in [5.74, 6) is 7.51. The molecule has 94 valence electrons. The summed E-state index contributed by atoms with van der Waals surface area (Å²) >= 11 is 3.06. The number of thioether (sulfide) groups is 2. The molecule has 2 rings (SSSR count). The highest BCUT2D eigenvalue weighted by Crippen LogP contribution is 2.11. The molecule has 0 fully saturated rings. The molecule has 0 atom stereocenters. The zero-order valence-electron chi connectivity index (χ0n) is 10.1. The molecule has 8 heteroatoms. The second kappa shape index (κ2) is 6.47. The number of hydrogen-bond acceptors (Lipinski definition) is 6. The van der Waals surface area contributed by atoms with Gasteiger partial charge < -0.3 is 0 Å². The van der Waals surface area contributed by atoms with Gasteiger partial charge in [0.15, 0.2) is 0 Å². The lowest BCUT2D eigenvalue weighted by molar-refractivity contribution is 0.738. The van der Waals surface area contributed by atoms with E-state index < -0.39 is 0 Å². The summed E-state index contributed by atoms with van der Waals surface area (Å²) in [6, 6.07) is 0. The first-order valence-electron chi connectivity index (χ1n) is 5.16. The van der Waals surface area contributed by atoms with Crippen molar-refractivity contribution in [3.8, 4) is 11.8 Å². The maximum atomic E-state index is 4.15. The van der Waals surface area contributed by atoms with Crippen LogP contribution in [0.5, 0.6) is 0 Å². The lowest BCUT2D eigenvalue weighted by Gasteiger charge is -1.88. The summed E-state index contributed by atoms with van der Waals surface area (Å²) in [5, 5.41) is 9.81. The van der Waals surface area contributed by atoms with Crippen LogP contribution in [0.25, 0.3) is 0 Å². The van der Waals surface area contributed by atoms with Crippen LogP contribution in [0.2, 0.25) is 0 Å². The monoisotopic (exact) mass is 280 g/mol. The Labute approximate surface area is 114 Å². The van der Waals surface area contributed by atoms with Crippen molar-refractivity contribution in [2.45, 2.75) is 10.3 Å². The van der Waals surface area contributed by atoms with Crippen molar-refractivity contribution in [2.75, 3.05) is 11.5 Å². The van der Waals surface area contributed by atoms with Crippen LogP contribution >= 0.6 is 23.5 Å². The van der Waals surface area contributed by atoms with E-state index in [4.69, 9.17) is 0 Å². The van der Waals surface area contributed by atoms with Crippen molar-refractivity contribution >= 4 is 23.5 Å². The lowest BCUT2D eigenvalue weighted by Crippen LogP contribution is -1.87. The fraction of sp³-hybridized carbons (Fsp3) is 0.400. The summed E-state index contributed by atoms with van der Waals surface area (Å²) in [4.78, 5) is 8.21. The average molecular weight is 280 g/mol.